The van der Waals surface area contributed by atoms with Crippen LogP contribution < -0.4 is 0 Å². The quantitative estimate of drug-likeness (QED) is 0.562. The molecule has 2 aromatic carbocycles. The molecule has 9 heteroatoms. The van der Waals surface area contributed by atoms with E-state index in [2.05, 4.69) is 10.00 Å². The average Bonchev–Trinajstić information content (AvgIpc) is 3.02. The molecule has 4 rings (SSSR count). The van der Waals surface area contributed by atoms with E-state index in [0.29, 0.717) is 44.4 Å². The van der Waals surface area contributed by atoms with Crippen molar-refractivity contribution < 1.29 is 12.8 Å². The molecule has 2 heterocycles. The molecular formula is C22H24ClFN4O2S. The number of hydrogen-bond donors (Lipinski definition) is 0. The zero-order valence-electron chi connectivity index (χ0n) is 17.2. The molecule has 6 nitrogen and oxygen atoms in total. The largest absolute Gasteiger partial charge is 0.296 e. The summed E-state index contributed by atoms with van der Waals surface area (Å²) in [7, 11) is -3.85. The second-order valence-corrected chi connectivity index (χ2v) is 9.87. The molecule has 0 spiro atoms. The van der Waals surface area contributed by atoms with E-state index in [1.54, 1.807) is 4.68 Å². The zero-order chi connectivity index (χ0) is 22.0. The van der Waals surface area contributed by atoms with Crippen molar-refractivity contribution in [3.8, 4) is 0 Å². The van der Waals surface area contributed by atoms with E-state index in [9.17, 15) is 12.8 Å². The standard InChI is InChI=1S/C22H24ClFN4O2S/c1-17-19(22(23)28(25-17)15-18-7-3-2-4-8-18)16-26-11-13-27(14-12-26)31(29,30)21-10-6-5-9-20(21)24/h2-10H,11-16H2,1H3. The Labute approximate surface area is 186 Å². The summed E-state index contributed by atoms with van der Waals surface area (Å²) in [6.45, 7) is 4.78. The fraction of sp³-hybridized carbons (Fsp3) is 0.318. The number of benzene rings is 2. The molecule has 1 saturated heterocycles. The minimum atomic E-state index is -3.85. The van der Waals surface area contributed by atoms with Crippen LogP contribution in [0.2, 0.25) is 5.15 Å². The van der Waals surface area contributed by atoms with Crippen LogP contribution in [-0.2, 0) is 23.1 Å². The first-order chi connectivity index (χ1) is 14.9. The summed E-state index contributed by atoms with van der Waals surface area (Å²) in [5, 5.41) is 5.18. The van der Waals surface area contributed by atoms with E-state index in [1.807, 2.05) is 37.3 Å². The fourth-order valence-electron chi connectivity index (χ4n) is 3.78. The summed E-state index contributed by atoms with van der Waals surface area (Å²) in [6.07, 6.45) is 0. The topological polar surface area (TPSA) is 58.4 Å². The van der Waals surface area contributed by atoms with Crippen molar-refractivity contribution in [2.24, 2.45) is 0 Å². The highest BCUT2D eigenvalue weighted by atomic mass is 35.5. The lowest BCUT2D eigenvalue weighted by Crippen LogP contribution is -2.48. The highest BCUT2D eigenvalue weighted by molar-refractivity contribution is 7.89. The molecule has 0 amide bonds. The summed E-state index contributed by atoms with van der Waals surface area (Å²) in [4.78, 5) is 1.88. The first-order valence-electron chi connectivity index (χ1n) is 10.1. The summed E-state index contributed by atoms with van der Waals surface area (Å²) in [6, 6.07) is 15.5. The number of halogens is 2. The Morgan fingerprint density at radius 2 is 1.61 bits per heavy atom. The molecule has 3 aromatic rings. The number of nitrogens with zero attached hydrogens (tertiary/aromatic N) is 4. The number of aromatic nitrogens is 2. The maximum atomic E-state index is 14.0. The third-order valence-corrected chi connectivity index (χ3v) is 7.88. The second kappa shape index (κ2) is 9.08. The van der Waals surface area contributed by atoms with E-state index in [4.69, 9.17) is 11.6 Å². The van der Waals surface area contributed by atoms with Gasteiger partial charge in [-0.2, -0.15) is 9.40 Å². The van der Waals surface area contributed by atoms with Gasteiger partial charge in [0.15, 0.2) is 0 Å². The van der Waals surface area contributed by atoms with E-state index in [0.717, 1.165) is 16.8 Å². The minimum Gasteiger partial charge on any atom is -0.296 e. The molecule has 1 aliphatic rings. The Hall–Kier alpha value is -2.26. The molecule has 1 aromatic heterocycles. The normalized spacial score (nSPS) is 16.0. The van der Waals surface area contributed by atoms with Crippen molar-refractivity contribution in [3.05, 3.63) is 82.4 Å². The third kappa shape index (κ3) is 4.67. The van der Waals surface area contributed by atoms with Crippen LogP contribution in [0.5, 0.6) is 0 Å². The molecule has 164 valence electrons. The highest BCUT2D eigenvalue weighted by Crippen LogP contribution is 2.25. The van der Waals surface area contributed by atoms with E-state index in [-0.39, 0.29) is 4.90 Å². The van der Waals surface area contributed by atoms with Crippen LogP contribution in [0.1, 0.15) is 16.8 Å². The van der Waals surface area contributed by atoms with Gasteiger partial charge in [0.25, 0.3) is 0 Å². The van der Waals surface area contributed by atoms with Crippen LogP contribution in [0.3, 0.4) is 0 Å². The molecule has 0 unspecified atom stereocenters. The predicted octanol–water partition coefficient (Wildman–Crippen LogP) is 3.54. The SMILES string of the molecule is Cc1nn(Cc2ccccc2)c(Cl)c1CN1CCN(S(=O)(=O)c2ccccc2F)CC1. The van der Waals surface area contributed by atoms with E-state index < -0.39 is 15.8 Å². The smallest absolute Gasteiger partial charge is 0.246 e. The first kappa shape index (κ1) is 22.0. The van der Waals surface area contributed by atoms with Gasteiger partial charge in [-0.15, -0.1) is 0 Å². The van der Waals surface area contributed by atoms with Crippen LogP contribution >= 0.6 is 11.6 Å². The Kier molecular flexibility index (Phi) is 6.43. The van der Waals surface area contributed by atoms with Gasteiger partial charge in [-0.05, 0) is 24.6 Å². The Balaban J connectivity index is 1.42. The van der Waals surface area contributed by atoms with Gasteiger partial charge in [0.05, 0.1) is 12.2 Å². The number of sulfonamides is 1. The highest BCUT2D eigenvalue weighted by Gasteiger charge is 2.31. The number of hydrogen-bond acceptors (Lipinski definition) is 4. The van der Waals surface area contributed by atoms with Crippen LogP contribution in [0, 0.1) is 12.7 Å². The molecule has 0 bridgehead atoms. The van der Waals surface area contributed by atoms with Crippen LogP contribution in [0.4, 0.5) is 4.39 Å². The lowest BCUT2D eigenvalue weighted by molar-refractivity contribution is 0.181. The van der Waals surface area contributed by atoms with Gasteiger partial charge in [-0.1, -0.05) is 54.1 Å². The molecule has 1 fully saturated rings. The number of aryl methyl sites for hydroxylation is 1. The van der Waals surface area contributed by atoms with Gasteiger partial charge < -0.3 is 0 Å². The molecule has 0 radical (unpaired) electrons. The minimum absolute atomic E-state index is 0.274. The van der Waals surface area contributed by atoms with Gasteiger partial charge in [0.2, 0.25) is 10.0 Å². The molecule has 31 heavy (non-hydrogen) atoms. The van der Waals surface area contributed by atoms with Gasteiger partial charge in [0, 0.05) is 38.3 Å². The van der Waals surface area contributed by atoms with E-state index in [1.165, 1.54) is 28.6 Å². The van der Waals surface area contributed by atoms with Crippen molar-refractivity contribution in [1.82, 2.24) is 19.0 Å². The van der Waals surface area contributed by atoms with Gasteiger partial charge in [-0.25, -0.2) is 17.5 Å². The average molecular weight is 463 g/mol. The van der Waals surface area contributed by atoms with Crippen LogP contribution in [-0.4, -0.2) is 53.6 Å². The molecule has 0 aliphatic carbocycles. The van der Waals surface area contributed by atoms with Gasteiger partial charge in [0.1, 0.15) is 15.9 Å². The molecule has 0 N–H and O–H groups in total. The van der Waals surface area contributed by atoms with Crippen molar-refractivity contribution >= 4 is 21.6 Å². The molecule has 0 saturated carbocycles. The second-order valence-electron chi connectivity index (χ2n) is 7.61. The Morgan fingerprint density at radius 3 is 2.29 bits per heavy atom. The summed E-state index contributed by atoms with van der Waals surface area (Å²) >= 11 is 6.62. The van der Waals surface area contributed by atoms with Crippen molar-refractivity contribution in [2.75, 3.05) is 26.2 Å². The summed E-state index contributed by atoms with van der Waals surface area (Å²) in [5.41, 5.74) is 2.93. The van der Waals surface area contributed by atoms with E-state index >= 15 is 0 Å². The molecule has 1 aliphatic heterocycles. The van der Waals surface area contributed by atoms with Gasteiger partial charge in [-0.3, -0.25) is 4.90 Å². The lowest BCUT2D eigenvalue weighted by Gasteiger charge is -2.34. The van der Waals surface area contributed by atoms with Crippen molar-refractivity contribution in [3.63, 3.8) is 0 Å². The first-order valence-corrected chi connectivity index (χ1v) is 11.9. The van der Waals surface area contributed by atoms with Crippen molar-refractivity contribution in [1.29, 1.82) is 0 Å². The summed E-state index contributed by atoms with van der Waals surface area (Å²) in [5.74, 6) is -0.724. The maximum Gasteiger partial charge on any atom is 0.246 e. The van der Waals surface area contributed by atoms with Crippen LogP contribution in [0.15, 0.2) is 59.5 Å². The summed E-state index contributed by atoms with van der Waals surface area (Å²) < 4.78 is 42.7. The third-order valence-electron chi connectivity index (χ3n) is 5.53. The Bertz CT molecular complexity index is 1160. The fourth-order valence-corrected chi connectivity index (χ4v) is 5.56. The predicted molar refractivity (Wildman–Crippen MR) is 118 cm³/mol. The van der Waals surface area contributed by atoms with Crippen LogP contribution in [0.25, 0.3) is 0 Å². The number of piperazine rings is 1. The Morgan fingerprint density at radius 1 is 0.968 bits per heavy atom. The van der Waals surface area contributed by atoms with Gasteiger partial charge >= 0.3 is 0 Å². The zero-order valence-corrected chi connectivity index (χ0v) is 18.8. The van der Waals surface area contributed by atoms with Crippen molar-refractivity contribution in [2.45, 2.75) is 24.9 Å². The molecular weight excluding hydrogens is 439 g/mol. The monoisotopic (exact) mass is 462 g/mol. The number of rotatable bonds is 6. The maximum absolute atomic E-state index is 14.0. The lowest BCUT2D eigenvalue weighted by atomic mass is 10.2. The molecule has 0 atom stereocenters.